The number of nitro groups is 1. The smallest absolute Gasteiger partial charge is 0.269 e. The van der Waals surface area contributed by atoms with Gasteiger partial charge in [0, 0.05) is 24.0 Å². The number of nitrogens with zero attached hydrogens (tertiary/aromatic N) is 3. The molecule has 33 heavy (non-hydrogen) atoms. The van der Waals surface area contributed by atoms with E-state index in [1.807, 2.05) is 0 Å². The standard InChI is InChI=1S/C21H20N4O6S2/c1-29-16-10-14(11-17(30-2)19(16)31-3)6-9-18(26)22-20-23-24-21(33-20)32-12-13-4-7-15(8-5-13)25(27)28/h4-11H,12H2,1-3H3,(H,22,23,26)/b9-6+. The van der Waals surface area contributed by atoms with Gasteiger partial charge in [-0.1, -0.05) is 35.2 Å². The molecule has 0 saturated carbocycles. The number of aromatic nitrogens is 2. The van der Waals surface area contributed by atoms with Crippen LogP contribution in [0.2, 0.25) is 0 Å². The van der Waals surface area contributed by atoms with E-state index in [4.69, 9.17) is 14.2 Å². The molecule has 0 aliphatic rings. The molecule has 0 saturated heterocycles. The molecule has 3 rings (SSSR count). The predicted octanol–water partition coefficient (Wildman–Crippen LogP) is 4.42. The first kappa shape index (κ1) is 24.0. The fraction of sp³-hybridized carbons (Fsp3) is 0.190. The highest BCUT2D eigenvalue weighted by molar-refractivity contribution is 8.00. The molecule has 0 unspecified atom stereocenters. The molecule has 1 amide bonds. The average Bonchev–Trinajstić information content (AvgIpc) is 3.27. The molecule has 0 aliphatic heterocycles. The van der Waals surface area contributed by atoms with Crippen LogP contribution in [0.15, 0.2) is 46.8 Å². The Balaban J connectivity index is 1.58. The highest BCUT2D eigenvalue weighted by atomic mass is 32.2. The van der Waals surface area contributed by atoms with E-state index in [1.165, 1.54) is 62.6 Å². The first-order chi connectivity index (χ1) is 15.9. The zero-order chi connectivity index (χ0) is 23.8. The lowest BCUT2D eigenvalue weighted by molar-refractivity contribution is -0.384. The topological polar surface area (TPSA) is 126 Å². The van der Waals surface area contributed by atoms with Gasteiger partial charge in [-0.05, 0) is 29.3 Å². The monoisotopic (exact) mass is 488 g/mol. The number of hydrogen-bond donors (Lipinski definition) is 1. The minimum absolute atomic E-state index is 0.0456. The van der Waals surface area contributed by atoms with Gasteiger partial charge in [-0.15, -0.1) is 10.2 Å². The van der Waals surface area contributed by atoms with Gasteiger partial charge in [0.2, 0.25) is 16.8 Å². The van der Waals surface area contributed by atoms with Gasteiger partial charge in [0.15, 0.2) is 15.8 Å². The number of methoxy groups -OCH3 is 3. The Hall–Kier alpha value is -3.64. The number of non-ortho nitro benzene ring substituents is 1. The van der Waals surface area contributed by atoms with E-state index >= 15 is 0 Å². The fourth-order valence-electron chi connectivity index (χ4n) is 2.69. The van der Waals surface area contributed by atoms with Gasteiger partial charge < -0.3 is 14.2 Å². The molecule has 0 aliphatic carbocycles. The Morgan fingerprint density at radius 1 is 1.12 bits per heavy atom. The number of hydrogen-bond acceptors (Lipinski definition) is 10. The van der Waals surface area contributed by atoms with Gasteiger partial charge in [-0.3, -0.25) is 20.2 Å². The van der Waals surface area contributed by atoms with Crippen molar-refractivity contribution in [3.8, 4) is 17.2 Å². The van der Waals surface area contributed by atoms with Gasteiger partial charge in [-0.25, -0.2) is 0 Å². The van der Waals surface area contributed by atoms with Crippen LogP contribution in [0.3, 0.4) is 0 Å². The lowest BCUT2D eigenvalue weighted by Crippen LogP contribution is -2.07. The van der Waals surface area contributed by atoms with E-state index in [9.17, 15) is 14.9 Å². The molecule has 0 atom stereocenters. The lowest BCUT2D eigenvalue weighted by atomic mass is 10.1. The summed E-state index contributed by atoms with van der Waals surface area (Å²) in [5, 5.41) is 21.8. The first-order valence-electron chi connectivity index (χ1n) is 9.42. The predicted molar refractivity (Wildman–Crippen MR) is 126 cm³/mol. The molecule has 12 heteroatoms. The van der Waals surface area contributed by atoms with Gasteiger partial charge >= 0.3 is 0 Å². The van der Waals surface area contributed by atoms with Crippen LogP contribution in [0.1, 0.15) is 11.1 Å². The molecule has 0 radical (unpaired) electrons. The van der Waals surface area contributed by atoms with Crippen LogP contribution in [0, 0.1) is 10.1 Å². The summed E-state index contributed by atoms with van der Waals surface area (Å²) in [6.07, 6.45) is 2.98. The van der Waals surface area contributed by atoms with E-state index in [-0.39, 0.29) is 11.6 Å². The van der Waals surface area contributed by atoms with Crippen LogP contribution in [-0.2, 0) is 10.5 Å². The third kappa shape index (κ3) is 6.43. The Morgan fingerprint density at radius 3 is 2.36 bits per heavy atom. The van der Waals surface area contributed by atoms with Gasteiger partial charge in [0.05, 0.1) is 26.3 Å². The SMILES string of the molecule is COc1cc(/C=C/C(=O)Nc2nnc(SCc3ccc([N+](=O)[O-])cc3)s2)cc(OC)c1OC. The number of nitrogens with one attached hydrogen (secondary N) is 1. The Kier molecular flexibility index (Phi) is 8.22. The number of carbonyl (C=O) groups is 1. The molecule has 3 aromatic rings. The van der Waals surface area contributed by atoms with Crippen molar-refractivity contribution in [2.75, 3.05) is 26.6 Å². The van der Waals surface area contributed by atoms with Crippen LogP contribution in [0.25, 0.3) is 6.08 Å². The van der Waals surface area contributed by atoms with Crippen molar-refractivity contribution < 1.29 is 23.9 Å². The molecule has 172 valence electrons. The van der Waals surface area contributed by atoms with E-state index in [0.717, 1.165) is 5.56 Å². The van der Waals surface area contributed by atoms with Crippen molar-refractivity contribution in [1.82, 2.24) is 10.2 Å². The summed E-state index contributed by atoms with van der Waals surface area (Å²) in [5.74, 6) is 1.63. The number of anilines is 1. The molecule has 2 aromatic carbocycles. The first-order valence-corrected chi connectivity index (χ1v) is 11.2. The number of ether oxygens (including phenoxy) is 3. The van der Waals surface area contributed by atoms with Crippen molar-refractivity contribution in [2.24, 2.45) is 0 Å². The van der Waals surface area contributed by atoms with Crippen LogP contribution < -0.4 is 19.5 Å². The average molecular weight is 489 g/mol. The van der Waals surface area contributed by atoms with E-state index in [2.05, 4.69) is 15.5 Å². The molecule has 0 spiro atoms. The zero-order valence-corrected chi connectivity index (χ0v) is 19.6. The second-order valence-electron chi connectivity index (χ2n) is 6.37. The summed E-state index contributed by atoms with van der Waals surface area (Å²) in [7, 11) is 4.55. The minimum Gasteiger partial charge on any atom is -0.493 e. The molecule has 0 fully saturated rings. The number of thioether (sulfide) groups is 1. The normalized spacial score (nSPS) is 10.8. The van der Waals surface area contributed by atoms with Gasteiger partial charge in [0.25, 0.3) is 5.69 Å². The third-order valence-electron chi connectivity index (χ3n) is 4.26. The van der Waals surface area contributed by atoms with Gasteiger partial charge in [-0.2, -0.15) is 0 Å². The van der Waals surface area contributed by atoms with Crippen molar-refractivity contribution in [3.63, 3.8) is 0 Å². The van der Waals surface area contributed by atoms with Gasteiger partial charge in [0.1, 0.15) is 0 Å². The summed E-state index contributed by atoms with van der Waals surface area (Å²) < 4.78 is 16.6. The second-order valence-corrected chi connectivity index (χ2v) is 8.57. The maximum atomic E-state index is 12.3. The highest BCUT2D eigenvalue weighted by Gasteiger charge is 2.13. The van der Waals surface area contributed by atoms with Crippen LogP contribution in [0.4, 0.5) is 10.8 Å². The van der Waals surface area contributed by atoms with Crippen molar-refractivity contribution in [1.29, 1.82) is 0 Å². The van der Waals surface area contributed by atoms with Crippen LogP contribution in [0.5, 0.6) is 17.2 Å². The van der Waals surface area contributed by atoms with Crippen molar-refractivity contribution >= 4 is 45.9 Å². The molecular formula is C21H20N4O6S2. The van der Waals surface area contributed by atoms with E-state index in [1.54, 1.807) is 30.3 Å². The number of amides is 1. The fourth-order valence-corrected chi connectivity index (χ4v) is 4.40. The molecule has 1 N–H and O–H groups in total. The van der Waals surface area contributed by atoms with Crippen molar-refractivity contribution in [3.05, 3.63) is 63.7 Å². The summed E-state index contributed by atoms with van der Waals surface area (Å²) in [4.78, 5) is 22.6. The summed E-state index contributed by atoms with van der Waals surface area (Å²) in [5.41, 5.74) is 1.65. The Labute approximate surface area is 197 Å². The largest absolute Gasteiger partial charge is 0.493 e. The summed E-state index contributed by atoms with van der Waals surface area (Å²) >= 11 is 2.66. The summed E-state index contributed by atoms with van der Waals surface area (Å²) in [6, 6.07) is 9.77. The van der Waals surface area contributed by atoms with E-state index < -0.39 is 4.92 Å². The maximum Gasteiger partial charge on any atom is 0.269 e. The minimum atomic E-state index is -0.438. The Bertz CT molecular complexity index is 1140. The number of rotatable bonds is 10. The third-order valence-corrected chi connectivity index (χ3v) is 6.30. The molecule has 0 bridgehead atoms. The number of carbonyl (C=O) groups excluding carboxylic acids is 1. The molecule has 1 heterocycles. The quantitative estimate of drug-likeness (QED) is 0.145. The van der Waals surface area contributed by atoms with Crippen LogP contribution in [-0.4, -0.2) is 42.4 Å². The second kappa shape index (κ2) is 11.3. The lowest BCUT2D eigenvalue weighted by Gasteiger charge is -2.12. The molecular weight excluding hydrogens is 468 g/mol. The summed E-state index contributed by atoms with van der Waals surface area (Å²) in [6.45, 7) is 0. The maximum absolute atomic E-state index is 12.3. The zero-order valence-electron chi connectivity index (χ0n) is 17.9. The molecule has 1 aromatic heterocycles. The number of nitro benzene ring substituents is 1. The van der Waals surface area contributed by atoms with E-state index in [0.29, 0.717) is 38.0 Å². The highest BCUT2D eigenvalue weighted by Crippen LogP contribution is 2.38. The van der Waals surface area contributed by atoms with Crippen molar-refractivity contribution in [2.45, 2.75) is 10.1 Å². The molecule has 10 nitrogen and oxygen atoms in total. The number of benzene rings is 2. The van der Waals surface area contributed by atoms with Crippen LogP contribution >= 0.6 is 23.1 Å². The Morgan fingerprint density at radius 2 is 1.79 bits per heavy atom.